The number of rotatable bonds is 2. The van der Waals surface area contributed by atoms with E-state index in [-0.39, 0.29) is 0 Å². The summed E-state index contributed by atoms with van der Waals surface area (Å²) in [5.41, 5.74) is 0. The minimum Gasteiger partial charge on any atom is -0.480 e. The van der Waals surface area contributed by atoms with Crippen molar-refractivity contribution < 1.29 is 9.22 Å². The fourth-order valence-electron chi connectivity index (χ4n) is 0.195. The highest BCUT2D eigenvalue weighted by Crippen LogP contribution is 2.22. The Morgan fingerprint density at radius 2 is 1.90 bits per heavy atom. The Bertz CT molecular complexity index is 131. The Morgan fingerprint density at radius 3 is 2.00 bits per heavy atom. The Kier molecular flexibility index (Phi) is 4.36. The molecule has 0 aromatic heterocycles. The first-order valence-corrected chi connectivity index (χ1v) is 7.64. The predicted molar refractivity (Wildman–Crippen MR) is 44.7 cm³/mol. The van der Waals surface area contributed by atoms with Gasteiger partial charge in [0.15, 0.2) is 0 Å². The number of halogens is 4. The third kappa shape index (κ3) is 5.62. The van der Waals surface area contributed by atoms with E-state index in [0.717, 1.165) is 0 Å². The summed E-state index contributed by atoms with van der Waals surface area (Å²) < 4.78 is 4.36. The molecule has 0 aromatic carbocycles. The fraction of sp³-hybridized carbons (Fsp3) is 0.667. The van der Waals surface area contributed by atoms with Gasteiger partial charge in [-0.05, 0) is 6.92 Å². The topological polar surface area (TPSA) is 26.3 Å². The van der Waals surface area contributed by atoms with E-state index in [4.69, 9.17) is 44.8 Å². The van der Waals surface area contributed by atoms with Crippen molar-refractivity contribution in [2.24, 2.45) is 0 Å². The molecule has 0 aliphatic heterocycles. The lowest BCUT2D eigenvalue weighted by Crippen LogP contribution is -2.26. The van der Waals surface area contributed by atoms with Gasteiger partial charge in [-0.3, -0.25) is 4.79 Å². The van der Waals surface area contributed by atoms with Crippen LogP contribution in [-0.2, 0) is 9.22 Å². The summed E-state index contributed by atoms with van der Waals surface area (Å²) in [7, 11) is 0. The molecule has 10 heavy (non-hydrogen) atoms. The Labute approximate surface area is 78.6 Å². The third-order valence-electron chi connectivity index (χ3n) is 0.541. The van der Waals surface area contributed by atoms with Crippen LogP contribution in [0.25, 0.3) is 0 Å². The van der Waals surface area contributed by atoms with E-state index in [1.54, 1.807) is 0 Å². The van der Waals surface area contributed by atoms with Crippen molar-refractivity contribution in [2.45, 2.75) is 12.3 Å². The monoisotopic (exact) mass is 240 g/mol. The number of carbonyl (C=O) groups excluding carboxylic acids is 1. The molecule has 0 heterocycles. The fourth-order valence-corrected chi connectivity index (χ4v) is 1.40. The predicted octanol–water partition coefficient (Wildman–Crippen LogP) is 2.31. The molecule has 0 fully saturated rings. The maximum Gasteiger partial charge on any atom is 0.557 e. The summed E-state index contributed by atoms with van der Waals surface area (Å²) in [6.07, 6.45) is -3.30. The van der Waals surface area contributed by atoms with Gasteiger partial charge in [-0.15, -0.1) is 11.6 Å². The van der Waals surface area contributed by atoms with Gasteiger partial charge in [0.25, 0.3) is 0 Å². The molecule has 7 heteroatoms. The summed E-state index contributed by atoms with van der Waals surface area (Å²) in [6, 6.07) is 0. The van der Waals surface area contributed by atoms with Crippen LogP contribution in [0.2, 0.25) is 0 Å². The van der Waals surface area contributed by atoms with E-state index in [1.807, 2.05) is 0 Å². The van der Waals surface area contributed by atoms with Gasteiger partial charge in [-0.2, -0.15) is 0 Å². The van der Waals surface area contributed by atoms with Crippen LogP contribution in [0.3, 0.4) is 0 Å². The average molecular weight is 242 g/mol. The zero-order chi connectivity index (χ0) is 8.36. The molecule has 0 radical (unpaired) electrons. The lowest BCUT2D eigenvalue weighted by molar-refractivity contribution is -0.133. The Balaban J connectivity index is 3.81. The normalized spacial score (nSPS) is 14.5. The van der Waals surface area contributed by atoms with Gasteiger partial charge in [-0.25, -0.2) is 0 Å². The molecule has 0 saturated heterocycles. The van der Waals surface area contributed by atoms with E-state index in [2.05, 4.69) is 4.43 Å². The summed E-state index contributed by atoms with van der Waals surface area (Å²) in [5, 5.41) is -0.775. The molecule has 2 nitrogen and oxygen atoms in total. The van der Waals surface area contributed by atoms with Gasteiger partial charge in [0.2, 0.25) is 0 Å². The van der Waals surface area contributed by atoms with E-state index in [1.165, 1.54) is 6.92 Å². The van der Waals surface area contributed by atoms with Gasteiger partial charge in [0.05, 0.1) is 0 Å². The van der Waals surface area contributed by atoms with Gasteiger partial charge in [-0.1, -0.05) is 33.2 Å². The van der Waals surface area contributed by atoms with Crippen LogP contribution in [0.15, 0.2) is 0 Å². The zero-order valence-corrected chi connectivity index (χ0v) is 8.93. The number of alkyl halides is 1. The molecule has 0 N–H and O–H groups in total. The largest absolute Gasteiger partial charge is 0.557 e. The van der Waals surface area contributed by atoms with Crippen LogP contribution >= 0.6 is 44.8 Å². The summed E-state index contributed by atoms with van der Waals surface area (Å²) in [6.45, 7) is 1.44. The maximum atomic E-state index is 10.6. The van der Waals surface area contributed by atoms with Crippen LogP contribution in [0, 0.1) is 0 Å². The van der Waals surface area contributed by atoms with Crippen LogP contribution in [-0.4, -0.2) is 17.6 Å². The first-order valence-electron chi connectivity index (χ1n) is 2.26. The molecule has 0 saturated carbocycles. The van der Waals surface area contributed by atoms with Crippen molar-refractivity contribution in [2.75, 3.05) is 0 Å². The van der Waals surface area contributed by atoms with Crippen molar-refractivity contribution in [3.63, 3.8) is 0 Å². The van der Waals surface area contributed by atoms with Gasteiger partial charge in [0.1, 0.15) is 5.38 Å². The van der Waals surface area contributed by atoms with E-state index < -0.39 is 17.6 Å². The van der Waals surface area contributed by atoms with Crippen LogP contribution < -0.4 is 0 Å². The molecule has 0 rings (SSSR count). The van der Waals surface area contributed by atoms with Crippen molar-refractivity contribution >= 4 is 57.1 Å². The molecular weight excluding hydrogens is 238 g/mol. The standard InChI is InChI=1S/C3H4Cl4O2Si/c1-2(4)3(8)9-10(5,6)7/h2H,1H3. The highest BCUT2D eigenvalue weighted by Gasteiger charge is 2.33. The van der Waals surface area contributed by atoms with Crippen LogP contribution in [0.1, 0.15) is 6.92 Å². The summed E-state index contributed by atoms with van der Waals surface area (Å²) in [4.78, 5) is 10.6. The van der Waals surface area contributed by atoms with Crippen molar-refractivity contribution in [1.82, 2.24) is 0 Å². The summed E-state index contributed by atoms with van der Waals surface area (Å²) >= 11 is 21.0. The van der Waals surface area contributed by atoms with E-state index in [9.17, 15) is 4.79 Å². The van der Waals surface area contributed by atoms with Gasteiger partial charge in [0, 0.05) is 0 Å². The van der Waals surface area contributed by atoms with Crippen molar-refractivity contribution in [1.29, 1.82) is 0 Å². The molecule has 0 amide bonds. The molecule has 1 unspecified atom stereocenters. The van der Waals surface area contributed by atoms with E-state index in [0.29, 0.717) is 0 Å². The quantitative estimate of drug-likeness (QED) is 0.422. The average Bonchev–Trinajstić information content (AvgIpc) is 1.60. The highest BCUT2D eigenvalue weighted by atomic mass is 35.8. The molecule has 0 aliphatic carbocycles. The Hall–Kier alpha value is 0.847. The second-order valence-electron chi connectivity index (χ2n) is 1.48. The lowest BCUT2D eigenvalue weighted by atomic mass is 10.5. The van der Waals surface area contributed by atoms with Gasteiger partial charge >= 0.3 is 12.2 Å². The smallest absolute Gasteiger partial charge is 0.480 e. The van der Waals surface area contributed by atoms with Crippen molar-refractivity contribution in [3.05, 3.63) is 0 Å². The first-order chi connectivity index (χ1) is 4.33. The molecule has 1 atom stereocenters. The SMILES string of the molecule is CC(Cl)C(=O)O[Si](Cl)(Cl)Cl. The number of hydrogen-bond donors (Lipinski definition) is 0. The van der Waals surface area contributed by atoms with Crippen LogP contribution in [0.4, 0.5) is 0 Å². The lowest BCUT2D eigenvalue weighted by Gasteiger charge is -2.09. The van der Waals surface area contributed by atoms with Crippen molar-refractivity contribution in [3.8, 4) is 0 Å². The number of hydrogen-bond acceptors (Lipinski definition) is 2. The summed E-state index contributed by atoms with van der Waals surface area (Å²) in [5.74, 6) is -0.701. The molecule has 0 aliphatic rings. The minimum atomic E-state index is -3.30. The van der Waals surface area contributed by atoms with Gasteiger partial charge < -0.3 is 4.43 Å². The van der Waals surface area contributed by atoms with E-state index >= 15 is 0 Å². The number of carbonyl (C=O) groups is 1. The molecule has 0 aromatic rings. The highest BCUT2D eigenvalue weighted by molar-refractivity contribution is 7.62. The molecule has 60 valence electrons. The zero-order valence-electron chi connectivity index (χ0n) is 4.91. The molecular formula is C3H4Cl4O2Si. The molecule has 0 bridgehead atoms. The minimum absolute atomic E-state index is 0.701. The second kappa shape index (κ2) is 4.02. The van der Waals surface area contributed by atoms with Crippen LogP contribution in [0.5, 0.6) is 0 Å². The second-order valence-corrected chi connectivity index (χ2v) is 9.76. The maximum absolute atomic E-state index is 10.6. The third-order valence-corrected chi connectivity index (χ3v) is 1.85. The Morgan fingerprint density at radius 1 is 1.50 bits per heavy atom. The first kappa shape index (κ1) is 10.8. The molecule has 0 spiro atoms.